The van der Waals surface area contributed by atoms with E-state index in [1.165, 1.54) is 11.8 Å². The first kappa shape index (κ1) is 23.1. The number of allylic oxidation sites excluding steroid dienone is 4. The minimum atomic E-state index is -0.249. The fourth-order valence-corrected chi connectivity index (χ4v) is 2.61. The molecule has 0 spiro atoms. The number of thioether (sulfide) groups is 1. The Kier molecular flexibility index (Phi) is 12.3. The zero-order valence-electron chi connectivity index (χ0n) is 16.4. The Morgan fingerprint density at radius 1 is 1.04 bits per heavy atom. The average molecular weight is 363 g/mol. The van der Waals surface area contributed by atoms with Crippen LogP contribution in [0.3, 0.4) is 0 Å². The molecule has 3 rings (SSSR count). The molecule has 1 N–H and O–H groups in total. The minimum absolute atomic E-state index is 0.249. The van der Waals surface area contributed by atoms with Crippen molar-refractivity contribution in [1.29, 1.82) is 0 Å². The summed E-state index contributed by atoms with van der Waals surface area (Å²) >= 11 is 1.44. The van der Waals surface area contributed by atoms with E-state index in [0.717, 1.165) is 18.4 Å². The van der Waals surface area contributed by atoms with Gasteiger partial charge in [0.15, 0.2) is 5.82 Å². The summed E-state index contributed by atoms with van der Waals surface area (Å²) < 4.78 is 0. The molecule has 0 aliphatic heterocycles. The van der Waals surface area contributed by atoms with E-state index in [2.05, 4.69) is 32.3 Å². The fourth-order valence-electron chi connectivity index (χ4n) is 2.03. The lowest BCUT2D eigenvalue weighted by Crippen LogP contribution is -2.11. The van der Waals surface area contributed by atoms with Crippen molar-refractivity contribution < 1.29 is 0 Å². The number of H-pyrrole nitrogens is 1. The standard InChI is InChI=1S/C13H12N4OS.3C2H6/c1-19-13-10-9(7-14-17-12(10)18)15-11(16-13)8-5-3-2-4-6-8;3*1-2/h3,5-7H,2,4H2,1H3,(H,17,18);3*1-2H3. The van der Waals surface area contributed by atoms with Crippen LogP contribution in [0.15, 0.2) is 34.2 Å². The summed E-state index contributed by atoms with van der Waals surface area (Å²) in [7, 11) is 0. The molecule has 0 radical (unpaired) electrons. The number of aromatic amines is 1. The fraction of sp³-hybridized carbons (Fsp3) is 0.474. The molecule has 5 nitrogen and oxygen atoms in total. The zero-order valence-corrected chi connectivity index (χ0v) is 17.2. The van der Waals surface area contributed by atoms with Gasteiger partial charge in [0.2, 0.25) is 0 Å². The van der Waals surface area contributed by atoms with Crippen molar-refractivity contribution in [2.75, 3.05) is 6.26 Å². The van der Waals surface area contributed by atoms with Crippen LogP contribution in [0.4, 0.5) is 0 Å². The second-order valence-electron chi connectivity index (χ2n) is 4.16. The Morgan fingerprint density at radius 3 is 2.28 bits per heavy atom. The van der Waals surface area contributed by atoms with Crippen LogP contribution >= 0.6 is 11.8 Å². The summed E-state index contributed by atoms with van der Waals surface area (Å²) in [6.07, 6.45) is 11.8. The second-order valence-corrected chi connectivity index (χ2v) is 4.95. The van der Waals surface area contributed by atoms with Gasteiger partial charge in [0.1, 0.15) is 15.9 Å². The topological polar surface area (TPSA) is 71.5 Å². The van der Waals surface area contributed by atoms with Crippen LogP contribution < -0.4 is 5.56 Å². The highest BCUT2D eigenvalue weighted by Gasteiger charge is 2.13. The summed E-state index contributed by atoms with van der Waals surface area (Å²) in [5, 5.41) is 7.41. The highest BCUT2D eigenvalue weighted by atomic mass is 32.2. The Morgan fingerprint density at radius 2 is 1.72 bits per heavy atom. The third-order valence-electron chi connectivity index (χ3n) is 2.93. The molecule has 25 heavy (non-hydrogen) atoms. The number of hydrogen-bond acceptors (Lipinski definition) is 5. The first-order chi connectivity index (χ1) is 12.3. The molecule has 6 heteroatoms. The highest BCUT2D eigenvalue weighted by Crippen LogP contribution is 2.24. The average Bonchev–Trinajstić information content (AvgIpc) is 2.72. The third kappa shape index (κ3) is 6.12. The summed E-state index contributed by atoms with van der Waals surface area (Å²) in [6, 6.07) is 0. The predicted molar refractivity (Wildman–Crippen MR) is 110 cm³/mol. The molecule has 0 fully saturated rings. The first-order valence-electron chi connectivity index (χ1n) is 8.96. The highest BCUT2D eigenvalue weighted by molar-refractivity contribution is 7.98. The number of hydrogen-bond donors (Lipinski definition) is 1. The number of rotatable bonds is 2. The SMILES string of the molecule is CC.CC.CC.CSc1nc(C2=CCCC=C2)nc2cn[nH]c(=O)c12. The number of nitrogens with one attached hydrogen (secondary N) is 1. The molecular formula is C19H30N4OS. The van der Waals surface area contributed by atoms with Crippen molar-refractivity contribution in [3.05, 3.63) is 40.6 Å². The predicted octanol–water partition coefficient (Wildman–Crippen LogP) is 5.25. The molecular weight excluding hydrogens is 332 g/mol. The van der Waals surface area contributed by atoms with E-state index in [-0.39, 0.29) is 5.56 Å². The van der Waals surface area contributed by atoms with Crippen LogP contribution in [0, 0.1) is 0 Å². The van der Waals surface area contributed by atoms with Crippen LogP contribution in [-0.2, 0) is 0 Å². The number of nitrogens with zero attached hydrogens (tertiary/aromatic N) is 3. The Labute approximate surface area is 155 Å². The Balaban J connectivity index is 0.000000871. The maximum Gasteiger partial charge on any atom is 0.276 e. The van der Waals surface area contributed by atoms with Gasteiger partial charge in [0, 0.05) is 5.57 Å². The maximum absolute atomic E-state index is 11.8. The lowest BCUT2D eigenvalue weighted by atomic mass is 10.1. The van der Waals surface area contributed by atoms with Gasteiger partial charge in [-0.3, -0.25) is 4.79 Å². The van der Waals surface area contributed by atoms with E-state index in [9.17, 15) is 4.79 Å². The van der Waals surface area contributed by atoms with Gasteiger partial charge in [-0.2, -0.15) is 5.10 Å². The molecule has 138 valence electrons. The lowest BCUT2D eigenvalue weighted by Gasteiger charge is -2.08. The van der Waals surface area contributed by atoms with Gasteiger partial charge in [0.05, 0.1) is 6.20 Å². The van der Waals surface area contributed by atoms with Gasteiger partial charge < -0.3 is 0 Å². The van der Waals surface area contributed by atoms with Crippen LogP contribution in [0.2, 0.25) is 0 Å². The van der Waals surface area contributed by atoms with Crippen molar-refractivity contribution in [2.24, 2.45) is 0 Å². The van der Waals surface area contributed by atoms with Gasteiger partial charge in [-0.1, -0.05) is 59.8 Å². The summed E-state index contributed by atoms with van der Waals surface area (Å²) in [5.74, 6) is 0.653. The molecule has 0 saturated carbocycles. The van der Waals surface area contributed by atoms with Crippen LogP contribution in [0.5, 0.6) is 0 Å². The summed E-state index contributed by atoms with van der Waals surface area (Å²) in [6.45, 7) is 12.0. The van der Waals surface area contributed by atoms with Crippen molar-refractivity contribution in [3.8, 4) is 0 Å². The number of aromatic nitrogens is 4. The molecule has 1 aliphatic carbocycles. The van der Waals surface area contributed by atoms with E-state index in [0.29, 0.717) is 21.8 Å². The quantitative estimate of drug-likeness (QED) is 0.584. The molecule has 0 amide bonds. The van der Waals surface area contributed by atoms with E-state index in [1.54, 1.807) is 6.20 Å². The van der Waals surface area contributed by atoms with Crippen molar-refractivity contribution in [1.82, 2.24) is 20.2 Å². The molecule has 2 heterocycles. The van der Waals surface area contributed by atoms with Gasteiger partial charge in [0.25, 0.3) is 5.56 Å². The smallest absolute Gasteiger partial charge is 0.267 e. The summed E-state index contributed by atoms with van der Waals surface area (Å²) in [5.41, 5.74) is 1.34. The van der Waals surface area contributed by atoms with E-state index < -0.39 is 0 Å². The Hall–Kier alpha value is -1.95. The molecule has 2 aromatic heterocycles. The van der Waals surface area contributed by atoms with Crippen molar-refractivity contribution in [3.63, 3.8) is 0 Å². The van der Waals surface area contributed by atoms with Crippen LogP contribution in [0.25, 0.3) is 16.5 Å². The lowest BCUT2D eigenvalue weighted by molar-refractivity contribution is 0.969. The largest absolute Gasteiger partial charge is 0.276 e. The van der Waals surface area contributed by atoms with Gasteiger partial charge in [-0.05, 0) is 19.1 Å². The van der Waals surface area contributed by atoms with Crippen LogP contribution in [0.1, 0.15) is 60.2 Å². The van der Waals surface area contributed by atoms with E-state index in [1.807, 2.05) is 53.9 Å². The third-order valence-corrected chi connectivity index (χ3v) is 3.61. The number of fused-ring (bicyclic) bond motifs is 1. The molecule has 0 bridgehead atoms. The molecule has 0 unspecified atom stereocenters. The van der Waals surface area contributed by atoms with Gasteiger partial charge >= 0.3 is 0 Å². The second kappa shape index (κ2) is 13.4. The molecule has 0 aromatic carbocycles. The first-order valence-corrected chi connectivity index (χ1v) is 10.2. The van der Waals surface area contributed by atoms with Crippen molar-refractivity contribution >= 4 is 28.2 Å². The van der Waals surface area contributed by atoms with Crippen LogP contribution in [-0.4, -0.2) is 26.4 Å². The minimum Gasteiger partial charge on any atom is -0.267 e. The van der Waals surface area contributed by atoms with Crippen molar-refractivity contribution in [2.45, 2.75) is 59.4 Å². The maximum atomic E-state index is 11.8. The van der Waals surface area contributed by atoms with Gasteiger partial charge in [-0.15, -0.1) is 11.8 Å². The van der Waals surface area contributed by atoms with Gasteiger partial charge in [-0.25, -0.2) is 15.1 Å². The molecule has 2 aromatic rings. The molecule has 0 atom stereocenters. The molecule has 0 saturated heterocycles. The normalized spacial score (nSPS) is 11.9. The summed E-state index contributed by atoms with van der Waals surface area (Å²) in [4.78, 5) is 20.7. The zero-order chi connectivity index (χ0) is 19.2. The Bertz CT molecular complexity index is 751. The molecule has 1 aliphatic rings. The monoisotopic (exact) mass is 362 g/mol. The van der Waals surface area contributed by atoms with E-state index in [4.69, 9.17) is 0 Å². The van der Waals surface area contributed by atoms with E-state index >= 15 is 0 Å².